The monoisotopic (exact) mass is 273 g/mol. The van der Waals surface area contributed by atoms with E-state index in [9.17, 15) is 8.42 Å². The second kappa shape index (κ2) is 7.35. The summed E-state index contributed by atoms with van der Waals surface area (Å²) in [6.45, 7) is 2.94. The van der Waals surface area contributed by atoms with Crippen molar-refractivity contribution in [2.24, 2.45) is 0 Å². The summed E-state index contributed by atoms with van der Waals surface area (Å²) in [5, 5.41) is 0. The Morgan fingerprint density at radius 3 is 2.39 bits per heavy atom. The maximum Gasteiger partial charge on any atom is 0.211 e. The average Bonchev–Trinajstić information content (AvgIpc) is 2.38. The zero-order valence-electron chi connectivity index (χ0n) is 10.7. The van der Waals surface area contributed by atoms with E-state index < -0.39 is 10.0 Å². The first-order valence-corrected chi connectivity index (χ1v) is 7.40. The Kier molecular flexibility index (Phi) is 6.11. The van der Waals surface area contributed by atoms with Crippen molar-refractivity contribution >= 4 is 10.0 Å². The molecular weight excluding hydrogens is 254 g/mol. The van der Waals surface area contributed by atoms with Crippen LogP contribution in [0.4, 0.5) is 0 Å². The number of sulfonamides is 1. The van der Waals surface area contributed by atoms with Gasteiger partial charge in [0, 0.05) is 13.7 Å². The predicted molar refractivity (Wildman–Crippen MR) is 70.1 cm³/mol. The highest BCUT2D eigenvalue weighted by atomic mass is 32.2. The summed E-state index contributed by atoms with van der Waals surface area (Å²) in [4.78, 5) is 0. The van der Waals surface area contributed by atoms with Crippen molar-refractivity contribution in [2.45, 2.75) is 13.5 Å². The van der Waals surface area contributed by atoms with Crippen molar-refractivity contribution in [3.63, 3.8) is 0 Å². The fourth-order valence-corrected chi connectivity index (χ4v) is 1.83. The maximum atomic E-state index is 11.3. The fraction of sp³-hybridized carbons (Fsp3) is 0.500. The highest BCUT2D eigenvalue weighted by molar-refractivity contribution is 7.89. The molecule has 6 heteroatoms. The molecule has 0 amide bonds. The normalized spacial score (nSPS) is 11.4. The predicted octanol–water partition coefficient (Wildman–Crippen LogP) is 1.15. The number of ether oxygens (including phenoxy) is 2. The second-order valence-electron chi connectivity index (χ2n) is 3.71. The summed E-state index contributed by atoms with van der Waals surface area (Å²) >= 11 is 0. The minimum Gasteiger partial charge on any atom is -0.491 e. The van der Waals surface area contributed by atoms with Crippen molar-refractivity contribution in [1.29, 1.82) is 0 Å². The lowest BCUT2D eigenvalue weighted by Gasteiger charge is -2.07. The lowest BCUT2D eigenvalue weighted by atomic mass is 10.2. The van der Waals surface area contributed by atoms with Gasteiger partial charge in [0.15, 0.2) is 0 Å². The molecule has 0 atom stereocenters. The Morgan fingerprint density at radius 2 is 1.83 bits per heavy atom. The van der Waals surface area contributed by atoms with Crippen molar-refractivity contribution in [1.82, 2.24) is 4.72 Å². The first-order valence-electron chi connectivity index (χ1n) is 5.75. The number of hydrogen-bond donors (Lipinski definition) is 1. The van der Waals surface area contributed by atoms with E-state index in [1.54, 1.807) is 14.0 Å². The van der Waals surface area contributed by atoms with Gasteiger partial charge in [0.05, 0.1) is 12.4 Å². The first kappa shape index (κ1) is 14.9. The summed E-state index contributed by atoms with van der Waals surface area (Å²) in [5.74, 6) is 0.833. The third-order valence-electron chi connectivity index (χ3n) is 2.36. The molecule has 0 saturated carbocycles. The third-order valence-corrected chi connectivity index (χ3v) is 3.70. The van der Waals surface area contributed by atoms with Crippen LogP contribution in [0.25, 0.3) is 0 Å². The van der Waals surface area contributed by atoms with E-state index in [4.69, 9.17) is 9.47 Å². The molecule has 1 aromatic rings. The molecule has 0 aliphatic heterocycles. The Morgan fingerprint density at radius 1 is 1.17 bits per heavy atom. The topological polar surface area (TPSA) is 64.6 Å². The van der Waals surface area contributed by atoms with Gasteiger partial charge in [0.1, 0.15) is 12.4 Å². The van der Waals surface area contributed by atoms with Gasteiger partial charge in [-0.25, -0.2) is 13.1 Å². The van der Waals surface area contributed by atoms with Crippen LogP contribution >= 0.6 is 0 Å². The van der Waals surface area contributed by atoms with Crippen LogP contribution in [0.2, 0.25) is 0 Å². The summed E-state index contributed by atoms with van der Waals surface area (Å²) in [7, 11) is -1.53. The van der Waals surface area contributed by atoms with Gasteiger partial charge in [0.25, 0.3) is 0 Å². The summed E-state index contributed by atoms with van der Waals surface area (Å²) in [6.07, 6.45) is 0. The zero-order chi connectivity index (χ0) is 13.4. The summed E-state index contributed by atoms with van der Waals surface area (Å²) < 4.78 is 35.3. The molecule has 1 rings (SSSR count). The Hall–Kier alpha value is -1.11. The van der Waals surface area contributed by atoms with Gasteiger partial charge in [-0.15, -0.1) is 0 Å². The largest absolute Gasteiger partial charge is 0.491 e. The number of methoxy groups -OCH3 is 1. The van der Waals surface area contributed by atoms with Crippen LogP contribution in [0, 0.1) is 0 Å². The lowest BCUT2D eigenvalue weighted by molar-refractivity contribution is 0.146. The molecule has 0 fully saturated rings. The smallest absolute Gasteiger partial charge is 0.211 e. The molecular formula is C12H19NO4S. The van der Waals surface area contributed by atoms with E-state index in [1.165, 1.54) is 0 Å². The molecule has 0 aliphatic carbocycles. The third kappa shape index (κ3) is 5.48. The van der Waals surface area contributed by atoms with Crippen LogP contribution < -0.4 is 9.46 Å². The number of hydrogen-bond acceptors (Lipinski definition) is 4. The van der Waals surface area contributed by atoms with Crippen LogP contribution in [0.15, 0.2) is 24.3 Å². The van der Waals surface area contributed by atoms with E-state index in [0.29, 0.717) is 19.8 Å². The van der Waals surface area contributed by atoms with Crippen LogP contribution in [0.3, 0.4) is 0 Å². The highest BCUT2D eigenvalue weighted by Crippen LogP contribution is 2.12. The van der Waals surface area contributed by atoms with Gasteiger partial charge in [-0.1, -0.05) is 12.1 Å². The van der Waals surface area contributed by atoms with Gasteiger partial charge in [0.2, 0.25) is 10.0 Å². The van der Waals surface area contributed by atoms with Crippen molar-refractivity contribution in [2.75, 3.05) is 26.1 Å². The Balaban J connectivity index is 2.45. The van der Waals surface area contributed by atoms with E-state index in [1.807, 2.05) is 24.3 Å². The quantitative estimate of drug-likeness (QED) is 0.722. The van der Waals surface area contributed by atoms with Crippen LogP contribution in [-0.4, -0.2) is 34.5 Å². The molecule has 0 heterocycles. The Labute approximate surface area is 108 Å². The molecule has 0 radical (unpaired) electrons. The molecule has 0 aromatic heterocycles. The summed E-state index contributed by atoms with van der Waals surface area (Å²) in [6, 6.07) is 7.29. The second-order valence-corrected chi connectivity index (χ2v) is 5.81. The van der Waals surface area contributed by atoms with Gasteiger partial charge in [-0.3, -0.25) is 0 Å². The van der Waals surface area contributed by atoms with Crippen molar-refractivity contribution in [3.8, 4) is 5.75 Å². The number of benzene rings is 1. The zero-order valence-corrected chi connectivity index (χ0v) is 11.5. The summed E-state index contributed by atoms with van der Waals surface area (Å²) in [5.41, 5.74) is 0.895. The molecule has 1 aromatic carbocycles. The molecule has 0 spiro atoms. The number of rotatable bonds is 8. The molecule has 18 heavy (non-hydrogen) atoms. The maximum absolute atomic E-state index is 11.3. The van der Waals surface area contributed by atoms with E-state index in [-0.39, 0.29) is 5.75 Å². The Bertz CT molecular complexity index is 442. The van der Waals surface area contributed by atoms with E-state index in [0.717, 1.165) is 11.3 Å². The fourth-order valence-electron chi connectivity index (χ4n) is 1.24. The molecule has 5 nitrogen and oxygen atoms in total. The highest BCUT2D eigenvalue weighted by Gasteiger charge is 2.05. The minimum atomic E-state index is -3.14. The van der Waals surface area contributed by atoms with E-state index >= 15 is 0 Å². The van der Waals surface area contributed by atoms with Crippen LogP contribution in [-0.2, 0) is 21.3 Å². The van der Waals surface area contributed by atoms with Crippen molar-refractivity contribution < 1.29 is 17.9 Å². The van der Waals surface area contributed by atoms with Crippen LogP contribution in [0.5, 0.6) is 5.75 Å². The standard InChI is InChI=1S/C12H19NO4S/c1-3-18(14,15)13-10-11-4-6-12(7-5-11)17-9-8-16-2/h4-7,13H,3,8-10H2,1-2H3. The molecule has 0 bridgehead atoms. The molecule has 1 N–H and O–H groups in total. The SMILES string of the molecule is CCS(=O)(=O)NCc1ccc(OCCOC)cc1. The first-order chi connectivity index (χ1) is 8.57. The average molecular weight is 273 g/mol. The van der Waals surface area contributed by atoms with Gasteiger partial charge >= 0.3 is 0 Å². The number of nitrogens with one attached hydrogen (secondary N) is 1. The van der Waals surface area contributed by atoms with Gasteiger partial charge in [-0.05, 0) is 24.6 Å². The molecule has 0 saturated heterocycles. The molecule has 0 unspecified atom stereocenters. The molecule has 0 aliphatic rings. The van der Waals surface area contributed by atoms with Gasteiger partial charge < -0.3 is 9.47 Å². The van der Waals surface area contributed by atoms with Crippen molar-refractivity contribution in [3.05, 3.63) is 29.8 Å². The minimum absolute atomic E-state index is 0.0885. The lowest BCUT2D eigenvalue weighted by Crippen LogP contribution is -2.24. The van der Waals surface area contributed by atoms with E-state index in [2.05, 4.69) is 4.72 Å². The van der Waals surface area contributed by atoms with Crippen LogP contribution in [0.1, 0.15) is 12.5 Å². The molecule has 102 valence electrons. The van der Waals surface area contributed by atoms with Gasteiger partial charge in [-0.2, -0.15) is 0 Å².